The summed E-state index contributed by atoms with van der Waals surface area (Å²) in [5.41, 5.74) is 0.652. The van der Waals surface area contributed by atoms with Gasteiger partial charge in [-0.15, -0.1) is 0 Å². The second-order valence-corrected chi connectivity index (χ2v) is 9.26. The Morgan fingerprint density at radius 1 is 1.00 bits per heavy atom. The van der Waals surface area contributed by atoms with Crippen LogP contribution in [0, 0.1) is 5.92 Å². The van der Waals surface area contributed by atoms with E-state index in [1.807, 2.05) is 0 Å². The first-order chi connectivity index (χ1) is 12.5. The van der Waals surface area contributed by atoms with Gasteiger partial charge >= 0.3 is 0 Å². The lowest BCUT2D eigenvalue weighted by Crippen LogP contribution is -2.40. The number of amides is 1. The average molecular weight is 396 g/mol. The molecule has 3 rings (SSSR count). The molecule has 0 atom stereocenters. The Labute approximate surface area is 160 Å². The molecule has 0 spiro atoms. The maximum absolute atomic E-state index is 12.8. The van der Waals surface area contributed by atoms with Crippen LogP contribution in [0.3, 0.4) is 0 Å². The first-order valence-corrected chi connectivity index (χ1v) is 11.0. The van der Waals surface area contributed by atoms with Crippen molar-refractivity contribution in [2.45, 2.75) is 49.8 Å². The summed E-state index contributed by atoms with van der Waals surface area (Å²) in [6.45, 7) is 1.17. The predicted molar refractivity (Wildman–Crippen MR) is 105 cm³/mol. The van der Waals surface area contributed by atoms with Crippen molar-refractivity contribution in [3.8, 4) is 0 Å². The van der Waals surface area contributed by atoms with Gasteiger partial charge in [-0.05, 0) is 62.2 Å². The van der Waals surface area contributed by atoms with Crippen LogP contribution in [0.5, 0.6) is 0 Å². The third-order valence-electron chi connectivity index (χ3n) is 5.03. The summed E-state index contributed by atoms with van der Waals surface area (Å²) in [6.07, 6.45) is 6.90. The van der Waals surface area contributed by atoms with E-state index in [0.29, 0.717) is 18.8 Å². The van der Waals surface area contributed by atoms with E-state index >= 15 is 0 Å². The lowest BCUT2D eigenvalue weighted by molar-refractivity contribution is -0.125. The van der Waals surface area contributed by atoms with E-state index in [1.165, 1.54) is 0 Å². The van der Waals surface area contributed by atoms with Gasteiger partial charge in [0.1, 0.15) is 0 Å². The summed E-state index contributed by atoms with van der Waals surface area (Å²) in [7, 11) is -3.45. The van der Waals surface area contributed by atoms with Crippen LogP contribution >= 0.6 is 12.2 Å². The molecule has 2 fully saturated rings. The van der Waals surface area contributed by atoms with E-state index in [2.05, 4.69) is 10.6 Å². The average Bonchev–Trinajstić information content (AvgIpc) is 2.83. The highest BCUT2D eigenvalue weighted by atomic mass is 32.2. The number of anilines is 1. The summed E-state index contributed by atoms with van der Waals surface area (Å²) >= 11 is 5.16. The molecule has 0 radical (unpaired) electrons. The highest BCUT2D eigenvalue weighted by molar-refractivity contribution is 7.89. The van der Waals surface area contributed by atoms with Crippen molar-refractivity contribution in [3.63, 3.8) is 0 Å². The van der Waals surface area contributed by atoms with Gasteiger partial charge in [-0.3, -0.25) is 4.79 Å². The Balaban J connectivity index is 1.60. The zero-order chi connectivity index (χ0) is 18.6. The molecule has 1 saturated carbocycles. The van der Waals surface area contributed by atoms with Gasteiger partial charge in [0.05, 0.1) is 4.90 Å². The van der Waals surface area contributed by atoms with E-state index in [4.69, 9.17) is 12.2 Å². The van der Waals surface area contributed by atoms with E-state index in [0.717, 1.165) is 44.9 Å². The van der Waals surface area contributed by atoms with Crippen LogP contribution in [0.2, 0.25) is 0 Å². The molecule has 1 aromatic carbocycles. The third kappa shape index (κ3) is 4.61. The van der Waals surface area contributed by atoms with Crippen LogP contribution in [-0.2, 0) is 14.8 Å². The Hall–Kier alpha value is -1.51. The predicted octanol–water partition coefficient (Wildman–Crippen LogP) is 2.86. The fraction of sp³-hybridized carbons (Fsp3) is 0.556. The molecule has 2 aliphatic rings. The normalized spacial score (nSPS) is 19.2. The van der Waals surface area contributed by atoms with Crippen molar-refractivity contribution < 1.29 is 13.2 Å². The van der Waals surface area contributed by atoms with Gasteiger partial charge in [-0.2, -0.15) is 4.31 Å². The maximum Gasteiger partial charge on any atom is 0.243 e. The number of benzene rings is 1. The molecule has 1 saturated heterocycles. The molecule has 1 heterocycles. The Morgan fingerprint density at radius 2 is 1.62 bits per heavy atom. The lowest BCUT2D eigenvalue weighted by atomic mass is 9.85. The van der Waals surface area contributed by atoms with Crippen LogP contribution in [0.1, 0.15) is 44.9 Å². The minimum Gasteiger partial charge on any atom is -0.332 e. The van der Waals surface area contributed by atoms with Gasteiger partial charge in [-0.1, -0.05) is 19.3 Å². The topological polar surface area (TPSA) is 78.5 Å². The van der Waals surface area contributed by atoms with Crippen LogP contribution < -0.4 is 10.6 Å². The summed E-state index contributed by atoms with van der Waals surface area (Å²) in [5, 5.41) is 5.86. The van der Waals surface area contributed by atoms with Crippen molar-refractivity contribution in [2.24, 2.45) is 5.92 Å². The van der Waals surface area contributed by atoms with Gasteiger partial charge in [0.25, 0.3) is 0 Å². The number of sulfonamides is 1. The number of thiocarbonyl (C=S) groups is 1. The van der Waals surface area contributed by atoms with E-state index in [1.54, 1.807) is 28.6 Å². The highest BCUT2D eigenvalue weighted by Crippen LogP contribution is 2.26. The molecule has 0 aromatic heterocycles. The summed E-state index contributed by atoms with van der Waals surface area (Å²) in [4.78, 5) is 12.2. The van der Waals surface area contributed by atoms with Crippen molar-refractivity contribution in [1.29, 1.82) is 0 Å². The fourth-order valence-corrected chi connectivity index (χ4v) is 4.92. The monoisotopic (exact) mass is 395 g/mol. The SMILES string of the molecule is O=C(NC(=S)Nc1ccc(S(=O)(=O)N2CCCCCC2)cc1)C1CCC1. The fourth-order valence-electron chi connectivity index (χ4n) is 3.19. The van der Waals surface area contributed by atoms with E-state index < -0.39 is 10.0 Å². The third-order valence-corrected chi connectivity index (χ3v) is 7.14. The molecule has 1 aromatic rings. The summed E-state index contributed by atoms with van der Waals surface area (Å²) in [6, 6.07) is 6.51. The second kappa shape index (κ2) is 8.45. The minimum absolute atomic E-state index is 0.0471. The quantitative estimate of drug-likeness (QED) is 0.767. The Bertz CT molecular complexity index is 750. The highest BCUT2D eigenvalue weighted by Gasteiger charge is 2.26. The zero-order valence-electron chi connectivity index (χ0n) is 14.7. The maximum atomic E-state index is 12.8. The molecule has 0 unspecified atom stereocenters. The first-order valence-electron chi connectivity index (χ1n) is 9.19. The lowest BCUT2D eigenvalue weighted by Gasteiger charge is -2.24. The minimum atomic E-state index is -3.45. The summed E-state index contributed by atoms with van der Waals surface area (Å²) in [5.74, 6) is 0.0185. The van der Waals surface area contributed by atoms with Crippen LogP contribution in [-0.4, -0.2) is 36.8 Å². The number of hydrogen-bond acceptors (Lipinski definition) is 4. The molecule has 26 heavy (non-hydrogen) atoms. The van der Waals surface area contributed by atoms with Crippen molar-refractivity contribution in [2.75, 3.05) is 18.4 Å². The van der Waals surface area contributed by atoms with Gasteiger partial charge in [0.2, 0.25) is 15.9 Å². The first kappa shape index (κ1) is 19.3. The van der Waals surface area contributed by atoms with E-state index in [-0.39, 0.29) is 21.8 Å². The number of nitrogens with one attached hydrogen (secondary N) is 2. The molecule has 0 bridgehead atoms. The molecule has 1 amide bonds. The molecule has 6 nitrogen and oxygen atoms in total. The van der Waals surface area contributed by atoms with Crippen molar-refractivity contribution >= 4 is 38.9 Å². The van der Waals surface area contributed by atoms with Gasteiger partial charge < -0.3 is 10.6 Å². The smallest absolute Gasteiger partial charge is 0.243 e. The molecule has 1 aliphatic carbocycles. The Kier molecular flexibility index (Phi) is 6.26. The zero-order valence-corrected chi connectivity index (χ0v) is 16.4. The van der Waals surface area contributed by atoms with Crippen molar-refractivity contribution in [3.05, 3.63) is 24.3 Å². The number of rotatable bonds is 4. The summed E-state index contributed by atoms with van der Waals surface area (Å²) < 4.78 is 27.1. The van der Waals surface area contributed by atoms with Gasteiger partial charge in [0, 0.05) is 24.7 Å². The Morgan fingerprint density at radius 3 is 2.15 bits per heavy atom. The number of hydrogen-bond donors (Lipinski definition) is 2. The van der Waals surface area contributed by atoms with Gasteiger partial charge in [-0.25, -0.2) is 8.42 Å². The standard InChI is InChI=1S/C18H25N3O3S2/c22-17(14-6-5-7-14)20-18(25)19-15-8-10-16(11-9-15)26(23,24)21-12-3-1-2-4-13-21/h8-11,14H,1-7,12-13H2,(H2,19,20,22,25). The number of nitrogens with zero attached hydrogens (tertiary/aromatic N) is 1. The molecular formula is C18H25N3O3S2. The van der Waals surface area contributed by atoms with Crippen molar-refractivity contribution in [1.82, 2.24) is 9.62 Å². The van der Waals surface area contributed by atoms with E-state index in [9.17, 15) is 13.2 Å². The molecular weight excluding hydrogens is 370 g/mol. The van der Waals surface area contributed by atoms with Crippen LogP contribution in [0.4, 0.5) is 5.69 Å². The molecule has 142 valence electrons. The van der Waals surface area contributed by atoms with Crippen LogP contribution in [0.15, 0.2) is 29.2 Å². The number of carbonyl (C=O) groups excluding carboxylic acids is 1. The van der Waals surface area contributed by atoms with Crippen LogP contribution in [0.25, 0.3) is 0 Å². The molecule has 8 heteroatoms. The molecule has 2 N–H and O–H groups in total. The molecule has 1 aliphatic heterocycles. The number of carbonyl (C=O) groups is 1. The van der Waals surface area contributed by atoms with Gasteiger partial charge in [0.15, 0.2) is 5.11 Å². The second-order valence-electron chi connectivity index (χ2n) is 6.91. The largest absolute Gasteiger partial charge is 0.332 e.